The summed E-state index contributed by atoms with van der Waals surface area (Å²) in [5.74, 6) is 0. The summed E-state index contributed by atoms with van der Waals surface area (Å²) in [6, 6.07) is 1.90. The molecule has 3 aliphatic rings. The maximum atomic E-state index is 3.74. The maximum absolute atomic E-state index is 3.74. The lowest BCUT2D eigenvalue weighted by molar-refractivity contribution is -0.0841. The van der Waals surface area contributed by atoms with Crippen molar-refractivity contribution in [2.75, 3.05) is 0 Å². The Kier molecular flexibility index (Phi) is 2.70. The summed E-state index contributed by atoms with van der Waals surface area (Å²) in [6.45, 7) is 6.92. The minimum atomic E-state index is 0.565. The minimum absolute atomic E-state index is 0.565. The molecule has 0 aliphatic carbocycles. The lowest BCUT2D eigenvalue weighted by atomic mass is 9.94. The second-order valence-corrected chi connectivity index (χ2v) is 5.90. The molecule has 0 spiro atoms. The summed E-state index contributed by atoms with van der Waals surface area (Å²) < 4.78 is 0. The van der Waals surface area contributed by atoms with Crippen molar-refractivity contribution in [3.8, 4) is 0 Å². The molecule has 0 bridgehead atoms. The van der Waals surface area contributed by atoms with Crippen LogP contribution in [0.5, 0.6) is 0 Å². The van der Waals surface area contributed by atoms with Gasteiger partial charge in [-0.2, -0.15) is 0 Å². The number of nitrogens with zero attached hydrogens (tertiary/aromatic N) is 1. The molecule has 0 radical (unpaired) electrons. The molecule has 3 N–H and O–H groups in total. The van der Waals surface area contributed by atoms with Crippen molar-refractivity contribution in [3.63, 3.8) is 0 Å². The highest BCUT2D eigenvalue weighted by Gasteiger charge is 2.45. The Bertz CT molecular complexity index is 209. The van der Waals surface area contributed by atoms with Crippen molar-refractivity contribution >= 4 is 0 Å². The molecule has 0 aromatic rings. The molecule has 3 rings (SSSR count). The molecule has 3 heterocycles. The van der Waals surface area contributed by atoms with Gasteiger partial charge in [-0.05, 0) is 40.0 Å². The smallest absolute Gasteiger partial charge is 0.0642 e. The van der Waals surface area contributed by atoms with Crippen LogP contribution in [0, 0.1) is 0 Å². The first-order valence-corrected chi connectivity index (χ1v) is 6.69. The first-order chi connectivity index (χ1) is 7.63. The van der Waals surface area contributed by atoms with Gasteiger partial charge in [-0.15, -0.1) is 0 Å². The Morgan fingerprint density at radius 3 is 1.31 bits per heavy atom. The Balaban J connectivity index is 1.83. The lowest BCUT2D eigenvalue weighted by Gasteiger charge is -2.57. The Morgan fingerprint density at radius 2 is 1.00 bits per heavy atom. The van der Waals surface area contributed by atoms with Crippen LogP contribution in [-0.2, 0) is 0 Å². The number of hydrogen-bond acceptors (Lipinski definition) is 4. The fourth-order valence-corrected chi connectivity index (χ4v) is 3.67. The molecule has 3 aliphatic heterocycles. The molecular formula is C12H24N4. The topological polar surface area (TPSA) is 39.3 Å². The first kappa shape index (κ1) is 11.0. The molecule has 3 fully saturated rings. The quantitative estimate of drug-likeness (QED) is 0.557. The highest BCUT2D eigenvalue weighted by Crippen LogP contribution is 2.29. The largest absolute Gasteiger partial charge is 0.299 e. The van der Waals surface area contributed by atoms with E-state index in [1.54, 1.807) is 0 Å². The highest BCUT2D eigenvalue weighted by atomic mass is 15.5. The molecule has 0 aromatic heterocycles. The summed E-state index contributed by atoms with van der Waals surface area (Å²) in [6.07, 6.45) is 5.34. The van der Waals surface area contributed by atoms with Crippen LogP contribution in [0.1, 0.15) is 40.0 Å². The van der Waals surface area contributed by atoms with Gasteiger partial charge in [0, 0.05) is 18.1 Å². The Morgan fingerprint density at radius 1 is 0.688 bits per heavy atom. The molecule has 4 nitrogen and oxygen atoms in total. The summed E-state index contributed by atoms with van der Waals surface area (Å²) in [5.41, 5.74) is 0. The van der Waals surface area contributed by atoms with Crippen molar-refractivity contribution in [3.05, 3.63) is 0 Å². The van der Waals surface area contributed by atoms with E-state index >= 15 is 0 Å². The monoisotopic (exact) mass is 224 g/mol. The Labute approximate surface area is 98.1 Å². The van der Waals surface area contributed by atoms with E-state index in [0.717, 1.165) is 0 Å². The normalized spacial score (nSPS) is 53.4. The molecule has 92 valence electrons. The van der Waals surface area contributed by atoms with Gasteiger partial charge in [-0.3, -0.25) is 20.9 Å². The van der Waals surface area contributed by atoms with Crippen LogP contribution in [0.4, 0.5) is 0 Å². The fraction of sp³-hybridized carbons (Fsp3) is 1.00. The van der Waals surface area contributed by atoms with E-state index in [1.807, 2.05) is 0 Å². The Hall–Kier alpha value is -0.160. The second-order valence-electron chi connectivity index (χ2n) is 5.90. The SMILES string of the molecule is C[C@@H]1C[C@H]2N[C@@H](C)C[C@@H]3N[C@@H](C)C[C@@H](N1)N32. The zero-order chi connectivity index (χ0) is 11.3. The van der Waals surface area contributed by atoms with Crippen LogP contribution in [0.15, 0.2) is 0 Å². The molecular weight excluding hydrogens is 200 g/mol. The number of nitrogens with one attached hydrogen (secondary N) is 3. The molecule has 0 saturated carbocycles. The summed E-state index contributed by atoms with van der Waals surface area (Å²) in [7, 11) is 0. The van der Waals surface area contributed by atoms with Gasteiger partial charge >= 0.3 is 0 Å². The number of rotatable bonds is 0. The van der Waals surface area contributed by atoms with E-state index in [1.165, 1.54) is 19.3 Å². The van der Waals surface area contributed by atoms with E-state index < -0.39 is 0 Å². The zero-order valence-electron chi connectivity index (χ0n) is 10.5. The predicted octanol–water partition coefficient (Wildman–Crippen LogP) is 0.412. The molecule has 16 heavy (non-hydrogen) atoms. The van der Waals surface area contributed by atoms with Crippen LogP contribution in [0.3, 0.4) is 0 Å². The van der Waals surface area contributed by atoms with Crippen LogP contribution in [0.2, 0.25) is 0 Å². The molecule has 4 heteroatoms. The lowest BCUT2D eigenvalue weighted by Crippen LogP contribution is -2.76. The van der Waals surface area contributed by atoms with Crippen molar-refractivity contribution in [2.45, 2.75) is 76.7 Å². The van der Waals surface area contributed by atoms with E-state index in [-0.39, 0.29) is 0 Å². The van der Waals surface area contributed by atoms with Gasteiger partial charge in [-0.25, -0.2) is 0 Å². The van der Waals surface area contributed by atoms with Crippen molar-refractivity contribution in [2.24, 2.45) is 0 Å². The van der Waals surface area contributed by atoms with Crippen LogP contribution >= 0.6 is 0 Å². The third kappa shape index (κ3) is 1.78. The van der Waals surface area contributed by atoms with Gasteiger partial charge in [0.15, 0.2) is 0 Å². The highest BCUT2D eigenvalue weighted by molar-refractivity contribution is 4.99. The van der Waals surface area contributed by atoms with Gasteiger partial charge in [0.1, 0.15) is 0 Å². The molecule has 0 amide bonds. The predicted molar refractivity (Wildman–Crippen MR) is 64.8 cm³/mol. The summed E-state index contributed by atoms with van der Waals surface area (Å²) in [5, 5.41) is 11.2. The molecule has 6 atom stereocenters. The third-order valence-electron chi connectivity index (χ3n) is 4.24. The van der Waals surface area contributed by atoms with Crippen molar-refractivity contribution in [1.29, 1.82) is 0 Å². The van der Waals surface area contributed by atoms with Gasteiger partial charge in [0.25, 0.3) is 0 Å². The standard InChI is InChI=1S/C12H24N4/c1-7-4-10-14-9(3)6-12-15-8(2)5-11(13-7)16(10)12/h7-15H,4-6H2,1-3H3/t7-,8-,9+,10-,11+,12-/m0/s1. The first-order valence-electron chi connectivity index (χ1n) is 6.69. The van der Waals surface area contributed by atoms with E-state index in [9.17, 15) is 0 Å². The van der Waals surface area contributed by atoms with Crippen molar-refractivity contribution < 1.29 is 0 Å². The summed E-state index contributed by atoms with van der Waals surface area (Å²) in [4.78, 5) is 2.62. The average Bonchev–Trinajstić information content (AvgIpc) is 2.14. The van der Waals surface area contributed by atoms with Gasteiger partial charge in [0.05, 0.1) is 18.5 Å². The number of hydrogen-bond donors (Lipinski definition) is 3. The molecule has 0 unspecified atom stereocenters. The van der Waals surface area contributed by atoms with Crippen LogP contribution < -0.4 is 16.0 Å². The summed E-state index contributed by atoms with van der Waals surface area (Å²) >= 11 is 0. The van der Waals surface area contributed by atoms with Gasteiger partial charge < -0.3 is 0 Å². The van der Waals surface area contributed by atoms with Crippen LogP contribution in [-0.4, -0.2) is 41.5 Å². The zero-order valence-corrected chi connectivity index (χ0v) is 10.5. The fourth-order valence-electron chi connectivity index (χ4n) is 3.67. The van der Waals surface area contributed by atoms with E-state index in [0.29, 0.717) is 36.6 Å². The third-order valence-corrected chi connectivity index (χ3v) is 4.24. The molecule has 3 saturated heterocycles. The van der Waals surface area contributed by atoms with E-state index in [4.69, 9.17) is 0 Å². The minimum Gasteiger partial charge on any atom is -0.299 e. The van der Waals surface area contributed by atoms with Gasteiger partial charge in [-0.1, -0.05) is 0 Å². The average molecular weight is 224 g/mol. The molecule has 0 aromatic carbocycles. The van der Waals surface area contributed by atoms with Crippen molar-refractivity contribution in [1.82, 2.24) is 20.9 Å². The second kappa shape index (κ2) is 3.95. The maximum Gasteiger partial charge on any atom is 0.0642 e. The van der Waals surface area contributed by atoms with E-state index in [2.05, 4.69) is 41.6 Å². The van der Waals surface area contributed by atoms with Crippen LogP contribution in [0.25, 0.3) is 0 Å². The van der Waals surface area contributed by atoms with Gasteiger partial charge in [0.2, 0.25) is 0 Å².